The van der Waals surface area contributed by atoms with E-state index >= 15 is 0 Å². The van der Waals surface area contributed by atoms with Crippen LogP contribution in [-0.2, 0) is 9.59 Å². The maximum absolute atomic E-state index is 13.0. The van der Waals surface area contributed by atoms with E-state index in [1.807, 2.05) is 31.2 Å². The van der Waals surface area contributed by atoms with Gasteiger partial charge in [-0.15, -0.1) is 0 Å². The van der Waals surface area contributed by atoms with Crippen LogP contribution in [0.5, 0.6) is 0 Å². The van der Waals surface area contributed by atoms with E-state index in [0.29, 0.717) is 16.9 Å². The Labute approximate surface area is 175 Å². The zero-order valence-corrected chi connectivity index (χ0v) is 17.3. The third-order valence-electron chi connectivity index (χ3n) is 4.82. The van der Waals surface area contributed by atoms with E-state index in [2.05, 4.69) is 21.1 Å². The van der Waals surface area contributed by atoms with Gasteiger partial charge in [0, 0.05) is 16.1 Å². The second-order valence-electron chi connectivity index (χ2n) is 6.88. The van der Waals surface area contributed by atoms with Gasteiger partial charge in [-0.1, -0.05) is 63.0 Å². The zero-order valence-electron chi connectivity index (χ0n) is 15.7. The second kappa shape index (κ2) is 7.33. The molecule has 1 amide bonds. The van der Waals surface area contributed by atoms with Crippen LogP contribution in [-0.4, -0.2) is 22.0 Å². The number of aliphatic hydroxyl groups excluding tert-OH is 1. The predicted molar refractivity (Wildman–Crippen MR) is 111 cm³/mol. The summed E-state index contributed by atoms with van der Waals surface area (Å²) in [6.07, 6.45) is 0. The number of halogens is 1. The van der Waals surface area contributed by atoms with E-state index in [9.17, 15) is 14.7 Å². The highest BCUT2D eigenvalue weighted by Gasteiger charge is 2.48. The van der Waals surface area contributed by atoms with Crippen molar-refractivity contribution in [2.75, 3.05) is 4.90 Å². The molecular formula is C22H17BrN2O4. The number of carbonyl (C=O) groups excluding carboxylic acids is 2. The minimum atomic E-state index is -0.825. The fraction of sp³-hybridized carbons (Fsp3) is 0.136. The lowest BCUT2D eigenvalue weighted by Gasteiger charge is -2.22. The van der Waals surface area contributed by atoms with Crippen LogP contribution in [0.15, 0.2) is 69.2 Å². The van der Waals surface area contributed by atoms with Gasteiger partial charge in [-0.2, -0.15) is 0 Å². The van der Waals surface area contributed by atoms with E-state index in [0.717, 1.165) is 10.0 Å². The molecule has 1 aliphatic heterocycles. The Morgan fingerprint density at radius 2 is 1.72 bits per heavy atom. The molecule has 2 heterocycles. The number of carbonyl (C=O) groups is 2. The summed E-state index contributed by atoms with van der Waals surface area (Å²) in [5.41, 5.74) is 2.17. The van der Waals surface area contributed by atoms with Crippen molar-refractivity contribution in [1.82, 2.24) is 5.16 Å². The van der Waals surface area contributed by atoms with Crippen LogP contribution >= 0.6 is 15.9 Å². The molecule has 1 aromatic heterocycles. The van der Waals surface area contributed by atoms with Gasteiger partial charge in [-0.3, -0.25) is 14.5 Å². The summed E-state index contributed by atoms with van der Waals surface area (Å²) in [7, 11) is 0. The number of Topliss-reactive ketones (excluding diaryl/α,β-unsaturated/α-hetero) is 1. The first-order valence-electron chi connectivity index (χ1n) is 8.93. The molecule has 1 N–H and O–H groups in total. The highest BCUT2D eigenvalue weighted by atomic mass is 79.9. The first-order valence-corrected chi connectivity index (χ1v) is 9.73. The lowest BCUT2D eigenvalue weighted by molar-refractivity contribution is -0.132. The number of aliphatic hydroxyl groups is 1. The van der Waals surface area contributed by atoms with Crippen molar-refractivity contribution in [3.63, 3.8) is 0 Å². The molecule has 2 aromatic carbocycles. The molecule has 0 spiro atoms. The fourth-order valence-corrected chi connectivity index (χ4v) is 3.63. The Morgan fingerprint density at radius 3 is 2.31 bits per heavy atom. The van der Waals surface area contributed by atoms with Gasteiger partial charge in [0.2, 0.25) is 0 Å². The predicted octanol–water partition coefficient (Wildman–Crippen LogP) is 4.68. The highest BCUT2D eigenvalue weighted by molar-refractivity contribution is 9.10. The van der Waals surface area contributed by atoms with Crippen LogP contribution in [0.4, 0.5) is 5.82 Å². The fourth-order valence-electron chi connectivity index (χ4n) is 3.36. The topological polar surface area (TPSA) is 83.6 Å². The summed E-state index contributed by atoms with van der Waals surface area (Å²) in [4.78, 5) is 27.1. The number of rotatable bonds is 3. The number of hydrogen-bond donors (Lipinski definition) is 1. The van der Waals surface area contributed by atoms with E-state index in [4.69, 9.17) is 4.52 Å². The summed E-state index contributed by atoms with van der Waals surface area (Å²) >= 11 is 3.39. The lowest BCUT2D eigenvalue weighted by Crippen LogP contribution is -2.29. The monoisotopic (exact) mass is 452 g/mol. The normalized spacial score (nSPS) is 18.4. The number of aryl methyl sites for hydroxylation is 2. The smallest absolute Gasteiger partial charge is 0.301 e. The largest absolute Gasteiger partial charge is 0.507 e. The Kier molecular flexibility index (Phi) is 4.84. The summed E-state index contributed by atoms with van der Waals surface area (Å²) < 4.78 is 5.97. The average Bonchev–Trinajstić information content (AvgIpc) is 3.24. The van der Waals surface area contributed by atoms with Gasteiger partial charge in [0.25, 0.3) is 5.78 Å². The van der Waals surface area contributed by atoms with E-state index < -0.39 is 17.7 Å². The Hall–Kier alpha value is -3.19. The number of aromatic nitrogens is 1. The molecule has 1 saturated heterocycles. The number of hydrogen-bond acceptors (Lipinski definition) is 5. The number of benzene rings is 2. The Morgan fingerprint density at radius 1 is 1.07 bits per heavy atom. The maximum Gasteiger partial charge on any atom is 0.301 e. The van der Waals surface area contributed by atoms with Crippen LogP contribution in [0.25, 0.3) is 5.76 Å². The third kappa shape index (κ3) is 3.38. The highest BCUT2D eigenvalue weighted by Crippen LogP contribution is 2.42. The maximum atomic E-state index is 13.0. The first-order chi connectivity index (χ1) is 13.9. The van der Waals surface area contributed by atoms with Gasteiger partial charge < -0.3 is 9.63 Å². The number of amides is 1. The molecule has 6 nitrogen and oxygen atoms in total. The zero-order chi connectivity index (χ0) is 20.7. The van der Waals surface area contributed by atoms with Crippen molar-refractivity contribution in [3.8, 4) is 0 Å². The van der Waals surface area contributed by atoms with Crippen molar-refractivity contribution in [2.24, 2.45) is 0 Å². The molecule has 0 saturated carbocycles. The molecule has 1 fully saturated rings. The van der Waals surface area contributed by atoms with E-state index in [1.54, 1.807) is 37.3 Å². The van der Waals surface area contributed by atoms with Gasteiger partial charge in [-0.25, -0.2) is 0 Å². The van der Waals surface area contributed by atoms with E-state index in [-0.39, 0.29) is 17.2 Å². The number of nitrogens with zero attached hydrogens (tertiary/aromatic N) is 2. The van der Waals surface area contributed by atoms with Gasteiger partial charge >= 0.3 is 5.91 Å². The van der Waals surface area contributed by atoms with Crippen molar-refractivity contribution in [1.29, 1.82) is 0 Å². The summed E-state index contributed by atoms with van der Waals surface area (Å²) in [5, 5.41) is 14.9. The standard InChI is InChI=1S/C22H17BrN2O4/c1-12-3-5-15(6-4-12)20(26)18-19(14-7-9-16(23)10-8-14)25(22(28)21(18)27)17-11-13(2)29-24-17/h3-11,19,26H,1-2H3. The number of anilines is 1. The second-order valence-corrected chi connectivity index (χ2v) is 7.80. The molecule has 3 aromatic rings. The molecule has 1 aliphatic rings. The van der Waals surface area contributed by atoms with Gasteiger partial charge in [-0.05, 0) is 31.5 Å². The Balaban J connectivity index is 1.93. The van der Waals surface area contributed by atoms with Crippen molar-refractivity contribution in [3.05, 3.63) is 87.1 Å². The Bertz CT molecular complexity index is 1130. The minimum absolute atomic E-state index is 0.0156. The van der Waals surface area contributed by atoms with Crippen molar-refractivity contribution >= 4 is 39.2 Å². The lowest BCUT2D eigenvalue weighted by atomic mass is 9.95. The molecule has 1 atom stereocenters. The van der Waals surface area contributed by atoms with E-state index in [1.165, 1.54) is 4.90 Å². The van der Waals surface area contributed by atoms with Crippen LogP contribution in [0.3, 0.4) is 0 Å². The van der Waals surface area contributed by atoms with Crippen molar-refractivity contribution < 1.29 is 19.2 Å². The van der Waals surface area contributed by atoms with Crippen LogP contribution < -0.4 is 4.90 Å². The molecule has 1 unspecified atom stereocenters. The summed E-state index contributed by atoms with van der Waals surface area (Å²) in [6, 6.07) is 15.1. The molecule has 7 heteroatoms. The molecule has 0 radical (unpaired) electrons. The summed E-state index contributed by atoms with van der Waals surface area (Å²) in [5.74, 6) is -1.02. The molecule has 0 bridgehead atoms. The average molecular weight is 453 g/mol. The first kappa shape index (κ1) is 19.1. The van der Waals surface area contributed by atoms with Crippen molar-refractivity contribution in [2.45, 2.75) is 19.9 Å². The number of ketones is 1. The summed E-state index contributed by atoms with van der Waals surface area (Å²) in [6.45, 7) is 3.63. The van der Waals surface area contributed by atoms with Crippen LogP contribution in [0.2, 0.25) is 0 Å². The minimum Gasteiger partial charge on any atom is -0.507 e. The SMILES string of the molecule is Cc1ccc(C(O)=C2C(=O)C(=O)N(c3cc(C)on3)C2c2ccc(Br)cc2)cc1. The van der Waals surface area contributed by atoms with Crippen LogP contribution in [0, 0.1) is 13.8 Å². The molecule has 146 valence electrons. The molecule has 4 rings (SSSR count). The molecule has 0 aliphatic carbocycles. The third-order valence-corrected chi connectivity index (χ3v) is 5.35. The van der Waals surface area contributed by atoms with Crippen LogP contribution in [0.1, 0.15) is 28.5 Å². The molecule has 29 heavy (non-hydrogen) atoms. The van der Waals surface area contributed by atoms with Gasteiger partial charge in [0.15, 0.2) is 5.82 Å². The quantitative estimate of drug-likeness (QED) is 0.354. The van der Waals surface area contributed by atoms with Gasteiger partial charge in [0.1, 0.15) is 11.5 Å². The molecular weight excluding hydrogens is 436 g/mol. The van der Waals surface area contributed by atoms with Gasteiger partial charge in [0.05, 0.1) is 11.6 Å².